The lowest BCUT2D eigenvalue weighted by atomic mass is 10.0. The molecule has 0 fully saturated rings. The Bertz CT molecular complexity index is 305. The van der Waals surface area contributed by atoms with Gasteiger partial charge in [-0.3, -0.25) is 0 Å². The monoisotopic (exact) mass is 267 g/mol. The molecule has 0 aliphatic carbocycles. The van der Waals surface area contributed by atoms with Gasteiger partial charge in [0.25, 0.3) is 0 Å². The van der Waals surface area contributed by atoms with Crippen LogP contribution in [-0.2, 0) is 0 Å². The van der Waals surface area contributed by atoms with E-state index in [0.717, 1.165) is 38.1 Å². The van der Waals surface area contributed by atoms with Crippen LogP contribution in [0.3, 0.4) is 0 Å². The Morgan fingerprint density at radius 3 is 2.50 bits per heavy atom. The van der Waals surface area contributed by atoms with Crippen molar-refractivity contribution < 1.29 is 5.11 Å². The van der Waals surface area contributed by atoms with E-state index < -0.39 is 0 Å². The molecule has 0 heterocycles. The molecule has 18 heavy (non-hydrogen) atoms. The van der Waals surface area contributed by atoms with Crippen LogP contribution in [0.2, 0.25) is 0 Å². The topological polar surface area (TPSA) is 23.5 Å². The molecule has 1 aromatic carbocycles. The summed E-state index contributed by atoms with van der Waals surface area (Å²) in [6.45, 7) is 2.46. The minimum absolute atomic E-state index is 0.312. The lowest BCUT2D eigenvalue weighted by Crippen LogP contribution is -2.26. The van der Waals surface area contributed by atoms with Gasteiger partial charge in [0, 0.05) is 19.1 Å². The Kier molecular flexibility index (Phi) is 8.14. The average Bonchev–Trinajstić information content (AvgIpc) is 2.42. The first-order valence-corrected chi connectivity index (χ1v) is 7.36. The first kappa shape index (κ1) is 15.5. The number of nitrogens with zero attached hydrogens (tertiary/aromatic N) is 1. The largest absolute Gasteiger partial charge is 0.396 e. The summed E-state index contributed by atoms with van der Waals surface area (Å²) in [5, 5.41) is 8.74. The number of benzene rings is 1. The third kappa shape index (κ3) is 5.89. The number of rotatable bonds is 9. The SMILES string of the molecule is CN(CCCCCO)CC(CS)c1ccccc1. The summed E-state index contributed by atoms with van der Waals surface area (Å²) in [5.41, 5.74) is 1.37. The van der Waals surface area contributed by atoms with Crippen molar-refractivity contribution in [1.82, 2.24) is 4.90 Å². The normalized spacial score (nSPS) is 12.9. The van der Waals surface area contributed by atoms with Crippen LogP contribution in [0, 0.1) is 0 Å². The molecule has 1 atom stereocenters. The summed E-state index contributed by atoms with van der Waals surface area (Å²) < 4.78 is 0. The fourth-order valence-electron chi connectivity index (χ4n) is 2.13. The third-order valence-corrected chi connectivity index (χ3v) is 3.66. The molecule has 0 saturated carbocycles. The summed E-state index contributed by atoms with van der Waals surface area (Å²) in [6, 6.07) is 10.6. The molecule has 0 aromatic heterocycles. The van der Waals surface area contributed by atoms with Gasteiger partial charge in [-0.2, -0.15) is 12.6 Å². The van der Waals surface area contributed by atoms with Crippen molar-refractivity contribution in [3.8, 4) is 0 Å². The third-order valence-electron chi connectivity index (χ3n) is 3.22. The second-order valence-electron chi connectivity index (χ2n) is 4.84. The van der Waals surface area contributed by atoms with E-state index in [9.17, 15) is 0 Å². The Balaban J connectivity index is 2.34. The fourth-order valence-corrected chi connectivity index (χ4v) is 2.46. The standard InChI is InChI=1S/C15H25NOS/c1-16(10-6-3-7-11-17)12-15(13-18)14-8-4-2-5-9-14/h2,4-5,8-9,15,17-18H,3,6-7,10-13H2,1H3. The van der Waals surface area contributed by atoms with Crippen molar-refractivity contribution in [1.29, 1.82) is 0 Å². The molecule has 1 N–H and O–H groups in total. The van der Waals surface area contributed by atoms with Crippen LogP contribution in [0.4, 0.5) is 0 Å². The molecule has 3 heteroatoms. The number of likely N-dealkylation sites (N-methyl/N-ethyl adjacent to an activating group) is 1. The summed E-state index contributed by atoms with van der Waals surface area (Å²) in [4.78, 5) is 2.37. The highest BCUT2D eigenvalue weighted by molar-refractivity contribution is 7.80. The van der Waals surface area contributed by atoms with E-state index in [4.69, 9.17) is 5.11 Å². The van der Waals surface area contributed by atoms with Crippen molar-refractivity contribution in [2.24, 2.45) is 0 Å². The van der Waals surface area contributed by atoms with Crippen LogP contribution in [-0.4, -0.2) is 42.5 Å². The van der Waals surface area contributed by atoms with Crippen molar-refractivity contribution >= 4 is 12.6 Å². The summed E-state index contributed by atoms with van der Waals surface area (Å²) in [7, 11) is 2.17. The van der Waals surface area contributed by atoms with Crippen molar-refractivity contribution in [3.05, 3.63) is 35.9 Å². The van der Waals surface area contributed by atoms with Crippen LogP contribution in [0.5, 0.6) is 0 Å². The highest BCUT2D eigenvalue weighted by Crippen LogP contribution is 2.18. The number of unbranched alkanes of at least 4 members (excludes halogenated alkanes) is 2. The van der Waals surface area contributed by atoms with Crippen LogP contribution >= 0.6 is 12.6 Å². The van der Waals surface area contributed by atoms with E-state index in [-0.39, 0.29) is 0 Å². The molecule has 0 spiro atoms. The maximum Gasteiger partial charge on any atom is 0.0431 e. The quantitative estimate of drug-likeness (QED) is 0.531. The van der Waals surface area contributed by atoms with Crippen LogP contribution in [0.25, 0.3) is 0 Å². The van der Waals surface area contributed by atoms with Gasteiger partial charge in [0.15, 0.2) is 0 Å². The number of hydrogen-bond donors (Lipinski definition) is 2. The smallest absolute Gasteiger partial charge is 0.0431 e. The number of aliphatic hydroxyl groups is 1. The van der Waals surface area contributed by atoms with Gasteiger partial charge in [-0.25, -0.2) is 0 Å². The minimum atomic E-state index is 0.312. The van der Waals surface area contributed by atoms with E-state index in [1.54, 1.807) is 0 Å². The second kappa shape index (κ2) is 9.42. The first-order chi connectivity index (χ1) is 8.77. The molecule has 1 aromatic rings. The first-order valence-electron chi connectivity index (χ1n) is 6.73. The number of thiol groups is 1. The molecule has 0 aliphatic heterocycles. The molecule has 2 nitrogen and oxygen atoms in total. The molecule has 0 saturated heterocycles. The van der Waals surface area contributed by atoms with Crippen molar-refractivity contribution in [2.75, 3.05) is 32.5 Å². The predicted octanol–water partition coefficient (Wildman–Crippen LogP) is 2.79. The van der Waals surface area contributed by atoms with E-state index in [1.807, 2.05) is 0 Å². The van der Waals surface area contributed by atoms with Gasteiger partial charge in [-0.15, -0.1) is 0 Å². The summed E-state index contributed by atoms with van der Waals surface area (Å²) in [6.07, 6.45) is 3.19. The van der Waals surface area contributed by atoms with E-state index in [0.29, 0.717) is 12.5 Å². The Morgan fingerprint density at radius 1 is 1.17 bits per heavy atom. The van der Waals surface area contributed by atoms with Gasteiger partial charge >= 0.3 is 0 Å². The van der Waals surface area contributed by atoms with Crippen LogP contribution in [0.15, 0.2) is 30.3 Å². The zero-order chi connectivity index (χ0) is 13.2. The van der Waals surface area contributed by atoms with E-state index in [1.165, 1.54) is 5.56 Å². The highest BCUT2D eigenvalue weighted by Gasteiger charge is 2.11. The predicted molar refractivity (Wildman–Crippen MR) is 81.5 cm³/mol. The molecule has 102 valence electrons. The van der Waals surface area contributed by atoms with Gasteiger partial charge in [0.05, 0.1) is 0 Å². The molecule has 0 aliphatic rings. The van der Waals surface area contributed by atoms with Crippen molar-refractivity contribution in [3.63, 3.8) is 0 Å². The Labute approximate surface area is 116 Å². The molecular weight excluding hydrogens is 242 g/mol. The summed E-state index contributed by atoms with van der Waals surface area (Å²) >= 11 is 4.47. The molecular formula is C15H25NOS. The van der Waals surface area contributed by atoms with Gasteiger partial charge in [-0.1, -0.05) is 30.3 Å². The maximum atomic E-state index is 8.74. The molecule has 0 bridgehead atoms. The van der Waals surface area contributed by atoms with Gasteiger partial charge < -0.3 is 10.0 Å². The lowest BCUT2D eigenvalue weighted by Gasteiger charge is -2.23. The van der Waals surface area contributed by atoms with Gasteiger partial charge in [-0.05, 0) is 44.2 Å². The lowest BCUT2D eigenvalue weighted by molar-refractivity contribution is 0.270. The Hall–Kier alpha value is -0.510. The second-order valence-corrected chi connectivity index (χ2v) is 5.20. The summed E-state index contributed by atoms with van der Waals surface area (Å²) in [5.74, 6) is 1.38. The van der Waals surface area contributed by atoms with Crippen LogP contribution < -0.4 is 0 Å². The molecule has 0 amide bonds. The van der Waals surface area contributed by atoms with Crippen LogP contribution in [0.1, 0.15) is 30.7 Å². The fraction of sp³-hybridized carbons (Fsp3) is 0.600. The average molecular weight is 267 g/mol. The number of hydrogen-bond acceptors (Lipinski definition) is 3. The molecule has 1 unspecified atom stereocenters. The zero-order valence-corrected chi connectivity index (χ0v) is 12.1. The van der Waals surface area contributed by atoms with Gasteiger partial charge in [0.1, 0.15) is 0 Å². The van der Waals surface area contributed by atoms with E-state index in [2.05, 4.69) is 54.9 Å². The maximum absolute atomic E-state index is 8.74. The van der Waals surface area contributed by atoms with E-state index >= 15 is 0 Å². The van der Waals surface area contributed by atoms with Crippen molar-refractivity contribution in [2.45, 2.75) is 25.2 Å². The minimum Gasteiger partial charge on any atom is -0.396 e. The highest BCUT2D eigenvalue weighted by atomic mass is 32.1. The number of aliphatic hydroxyl groups excluding tert-OH is 1. The Morgan fingerprint density at radius 2 is 1.89 bits per heavy atom. The molecule has 1 rings (SSSR count). The zero-order valence-electron chi connectivity index (χ0n) is 11.3. The molecule has 0 radical (unpaired) electrons. The van der Waals surface area contributed by atoms with Gasteiger partial charge in [0.2, 0.25) is 0 Å².